The van der Waals surface area contributed by atoms with Crippen molar-refractivity contribution in [1.82, 2.24) is 5.06 Å². The minimum atomic E-state index is -0.168. The van der Waals surface area contributed by atoms with E-state index in [4.69, 9.17) is 4.84 Å². The van der Waals surface area contributed by atoms with E-state index < -0.39 is 0 Å². The Bertz CT molecular complexity index is 344. The Kier molecular flexibility index (Phi) is 3.85. The first-order valence-electron chi connectivity index (χ1n) is 4.20. The van der Waals surface area contributed by atoms with Crippen molar-refractivity contribution in [2.24, 2.45) is 0 Å². The quantitative estimate of drug-likeness (QED) is 0.566. The summed E-state index contributed by atoms with van der Waals surface area (Å²) in [6, 6.07) is 4.01. The molecular formula is C10H13NO2S. The van der Waals surface area contributed by atoms with E-state index in [1.54, 1.807) is 24.5 Å². The number of likely N-dealkylation sites (N-methyl/N-ethyl adjacent to an activating group) is 1. The van der Waals surface area contributed by atoms with E-state index in [1.165, 1.54) is 23.1 Å². The van der Waals surface area contributed by atoms with Crippen LogP contribution in [0.4, 0.5) is 0 Å². The normalized spacial score (nSPS) is 10.8. The van der Waals surface area contributed by atoms with Crippen LogP contribution in [0.1, 0.15) is 9.75 Å². The van der Waals surface area contributed by atoms with E-state index >= 15 is 0 Å². The highest BCUT2D eigenvalue weighted by Gasteiger charge is 2.01. The number of amides is 1. The summed E-state index contributed by atoms with van der Waals surface area (Å²) in [6.45, 7) is 2.03. The molecule has 0 aliphatic carbocycles. The highest BCUT2D eigenvalue weighted by Crippen LogP contribution is 2.16. The lowest BCUT2D eigenvalue weighted by atomic mass is 10.4. The van der Waals surface area contributed by atoms with Crippen molar-refractivity contribution >= 4 is 23.3 Å². The molecule has 0 aromatic carbocycles. The number of thiophene rings is 1. The lowest BCUT2D eigenvalue weighted by molar-refractivity contribution is -0.162. The van der Waals surface area contributed by atoms with Gasteiger partial charge in [0.15, 0.2) is 0 Å². The van der Waals surface area contributed by atoms with Gasteiger partial charge in [0.05, 0.1) is 7.11 Å². The minimum absolute atomic E-state index is 0.168. The first kappa shape index (κ1) is 10.9. The molecule has 0 unspecified atom stereocenters. The number of hydrogen-bond donors (Lipinski definition) is 0. The van der Waals surface area contributed by atoms with Crippen molar-refractivity contribution in [3.8, 4) is 0 Å². The van der Waals surface area contributed by atoms with Crippen LogP contribution in [0, 0.1) is 6.92 Å². The van der Waals surface area contributed by atoms with Gasteiger partial charge in [-0.2, -0.15) is 0 Å². The number of hydroxylamine groups is 2. The van der Waals surface area contributed by atoms with Crippen LogP contribution < -0.4 is 0 Å². The molecule has 0 spiro atoms. The fourth-order valence-corrected chi connectivity index (χ4v) is 1.67. The Morgan fingerprint density at radius 2 is 2.29 bits per heavy atom. The number of carbonyl (C=O) groups is 1. The van der Waals surface area contributed by atoms with Crippen molar-refractivity contribution in [2.75, 3.05) is 14.2 Å². The summed E-state index contributed by atoms with van der Waals surface area (Å²) in [5.41, 5.74) is 0. The summed E-state index contributed by atoms with van der Waals surface area (Å²) < 4.78 is 0. The Hall–Kier alpha value is -1.13. The van der Waals surface area contributed by atoms with E-state index in [-0.39, 0.29) is 5.91 Å². The monoisotopic (exact) mass is 211 g/mol. The zero-order chi connectivity index (χ0) is 10.6. The molecule has 0 radical (unpaired) electrons. The minimum Gasteiger partial charge on any atom is -0.274 e. The van der Waals surface area contributed by atoms with Crippen LogP contribution >= 0.6 is 11.3 Å². The van der Waals surface area contributed by atoms with Gasteiger partial charge < -0.3 is 0 Å². The van der Waals surface area contributed by atoms with Gasteiger partial charge in [-0.1, -0.05) is 0 Å². The summed E-state index contributed by atoms with van der Waals surface area (Å²) in [6.07, 6.45) is 3.28. The predicted octanol–water partition coefficient (Wildman–Crippen LogP) is 2.09. The van der Waals surface area contributed by atoms with Crippen LogP contribution in [0.15, 0.2) is 18.2 Å². The van der Waals surface area contributed by atoms with Gasteiger partial charge in [0.2, 0.25) is 0 Å². The third-order valence-corrected chi connectivity index (χ3v) is 2.70. The van der Waals surface area contributed by atoms with Crippen LogP contribution in [0.5, 0.6) is 0 Å². The average molecular weight is 211 g/mol. The number of rotatable bonds is 3. The molecular weight excluding hydrogens is 198 g/mol. The first-order chi connectivity index (χ1) is 6.63. The van der Waals surface area contributed by atoms with Gasteiger partial charge in [0, 0.05) is 22.9 Å². The molecule has 4 heteroatoms. The highest BCUT2D eigenvalue weighted by molar-refractivity contribution is 7.12. The number of nitrogens with zero attached hydrogens (tertiary/aromatic N) is 1. The van der Waals surface area contributed by atoms with E-state index in [2.05, 4.69) is 0 Å². The molecule has 0 fully saturated rings. The van der Waals surface area contributed by atoms with Gasteiger partial charge in [-0.15, -0.1) is 11.3 Å². The van der Waals surface area contributed by atoms with Gasteiger partial charge in [0.1, 0.15) is 0 Å². The molecule has 0 saturated carbocycles. The summed E-state index contributed by atoms with van der Waals surface area (Å²) in [7, 11) is 3.04. The predicted molar refractivity (Wildman–Crippen MR) is 57.9 cm³/mol. The molecule has 14 heavy (non-hydrogen) atoms. The Labute approximate surface area is 87.6 Å². The molecule has 3 nitrogen and oxygen atoms in total. The molecule has 1 heterocycles. The summed E-state index contributed by atoms with van der Waals surface area (Å²) in [5.74, 6) is -0.168. The third kappa shape index (κ3) is 2.97. The SMILES string of the molecule is CON(C)C(=O)C=Cc1ccc(C)s1. The smallest absolute Gasteiger partial charge is 0.269 e. The summed E-state index contributed by atoms with van der Waals surface area (Å²) >= 11 is 1.65. The third-order valence-electron chi connectivity index (χ3n) is 1.74. The van der Waals surface area contributed by atoms with Crippen molar-refractivity contribution in [1.29, 1.82) is 0 Å². The average Bonchev–Trinajstić information content (AvgIpc) is 2.59. The molecule has 0 aliphatic heterocycles. The molecule has 1 amide bonds. The van der Waals surface area contributed by atoms with Gasteiger partial charge in [0.25, 0.3) is 5.91 Å². The second-order valence-electron chi connectivity index (χ2n) is 2.80. The largest absolute Gasteiger partial charge is 0.274 e. The molecule has 0 atom stereocenters. The van der Waals surface area contributed by atoms with Crippen molar-refractivity contribution in [2.45, 2.75) is 6.92 Å². The summed E-state index contributed by atoms with van der Waals surface area (Å²) in [4.78, 5) is 18.3. The topological polar surface area (TPSA) is 29.5 Å². The van der Waals surface area contributed by atoms with Gasteiger partial charge in [-0.3, -0.25) is 9.63 Å². The second-order valence-corrected chi connectivity index (χ2v) is 4.12. The fourth-order valence-electron chi connectivity index (χ4n) is 0.891. The van der Waals surface area contributed by atoms with Crippen LogP contribution in [0.2, 0.25) is 0 Å². The van der Waals surface area contributed by atoms with Crippen molar-refractivity contribution < 1.29 is 9.63 Å². The zero-order valence-corrected chi connectivity index (χ0v) is 9.30. The Morgan fingerprint density at radius 3 is 2.79 bits per heavy atom. The standard InChI is InChI=1S/C10H13NO2S/c1-8-4-5-9(14-8)6-7-10(12)11(2)13-3/h4-7H,1-3H3. The molecule has 1 aromatic heterocycles. The number of hydrogen-bond acceptors (Lipinski definition) is 3. The van der Waals surface area contributed by atoms with Crippen LogP contribution in [-0.2, 0) is 9.63 Å². The molecule has 0 bridgehead atoms. The molecule has 1 aromatic rings. The molecule has 0 aliphatic rings. The van der Waals surface area contributed by atoms with Gasteiger partial charge in [-0.05, 0) is 25.1 Å². The van der Waals surface area contributed by atoms with Crippen molar-refractivity contribution in [3.63, 3.8) is 0 Å². The first-order valence-corrected chi connectivity index (χ1v) is 5.01. The van der Waals surface area contributed by atoms with E-state index in [0.717, 1.165) is 4.88 Å². The molecule has 0 saturated heterocycles. The maximum Gasteiger partial charge on any atom is 0.269 e. The van der Waals surface area contributed by atoms with Crippen LogP contribution in [-0.4, -0.2) is 25.1 Å². The number of carbonyl (C=O) groups excluding carboxylic acids is 1. The highest BCUT2D eigenvalue weighted by atomic mass is 32.1. The van der Waals surface area contributed by atoms with E-state index in [0.29, 0.717) is 0 Å². The second kappa shape index (κ2) is 4.93. The number of aryl methyl sites for hydroxylation is 1. The molecule has 0 N–H and O–H groups in total. The van der Waals surface area contributed by atoms with Gasteiger partial charge in [-0.25, -0.2) is 5.06 Å². The maximum atomic E-state index is 11.3. The lowest BCUT2D eigenvalue weighted by Crippen LogP contribution is -2.22. The van der Waals surface area contributed by atoms with E-state index in [1.807, 2.05) is 19.1 Å². The Balaban J connectivity index is 2.60. The van der Waals surface area contributed by atoms with Crippen LogP contribution in [0.3, 0.4) is 0 Å². The van der Waals surface area contributed by atoms with E-state index in [9.17, 15) is 4.79 Å². The molecule has 1 rings (SSSR count). The maximum absolute atomic E-state index is 11.3. The zero-order valence-electron chi connectivity index (χ0n) is 8.48. The van der Waals surface area contributed by atoms with Crippen LogP contribution in [0.25, 0.3) is 6.08 Å². The lowest BCUT2D eigenvalue weighted by Gasteiger charge is -2.09. The molecule has 76 valence electrons. The van der Waals surface area contributed by atoms with Gasteiger partial charge >= 0.3 is 0 Å². The van der Waals surface area contributed by atoms with Crippen molar-refractivity contribution in [3.05, 3.63) is 28.0 Å². The Morgan fingerprint density at radius 1 is 1.57 bits per heavy atom. The fraction of sp³-hybridized carbons (Fsp3) is 0.300. The summed E-state index contributed by atoms with van der Waals surface area (Å²) in [5, 5.41) is 1.18.